The Morgan fingerprint density at radius 3 is 2.59 bits per heavy atom. The Balaban J connectivity index is 1.35. The van der Waals surface area contributed by atoms with Gasteiger partial charge in [-0.2, -0.15) is 18.2 Å². The molecule has 0 spiro atoms. The molecule has 3 atom stereocenters. The minimum absolute atomic E-state index is 0.0266. The Kier molecular flexibility index (Phi) is 4.60. The lowest BCUT2D eigenvalue weighted by Crippen LogP contribution is -2.33. The van der Waals surface area contributed by atoms with Crippen molar-refractivity contribution in [2.24, 2.45) is 11.8 Å². The summed E-state index contributed by atoms with van der Waals surface area (Å²) in [6.07, 6.45) is -2.59. The molecule has 170 valence electrons. The van der Waals surface area contributed by atoms with Crippen molar-refractivity contribution in [3.8, 4) is 0 Å². The molecule has 13 heteroatoms. The van der Waals surface area contributed by atoms with Crippen LogP contribution in [0.3, 0.4) is 0 Å². The van der Waals surface area contributed by atoms with E-state index in [2.05, 4.69) is 25.9 Å². The van der Waals surface area contributed by atoms with Gasteiger partial charge in [0.15, 0.2) is 0 Å². The van der Waals surface area contributed by atoms with Crippen molar-refractivity contribution in [2.75, 3.05) is 35.3 Å². The smallest absolute Gasteiger partial charge is 0.366 e. The van der Waals surface area contributed by atoms with E-state index in [-0.39, 0.29) is 55.1 Å². The molecule has 1 saturated carbocycles. The summed E-state index contributed by atoms with van der Waals surface area (Å²) in [6, 6.07) is 4.80. The Hall–Kier alpha value is -2.93. The van der Waals surface area contributed by atoms with Crippen LogP contribution >= 0.6 is 0 Å². The molecule has 1 aromatic heterocycles. The van der Waals surface area contributed by atoms with Gasteiger partial charge in [-0.15, -0.1) is 0 Å². The number of aromatic nitrogens is 2. The van der Waals surface area contributed by atoms with Crippen molar-refractivity contribution in [1.82, 2.24) is 14.3 Å². The second-order valence-electron chi connectivity index (χ2n) is 8.25. The lowest BCUT2D eigenvalue weighted by molar-refractivity contribution is -0.137. The second-order valence-corrected chi connectivity index (χ2v) is 10.2. The van der Waals surface area contributed by atoms with Gasteiger partial charge in [0.05, 0.1) is 12.7 Å². The highest BCUT2D eigenvalue weighted by Gasteiger charge is 2.58. The van der Waals surface area contributed by atoms with Gasteiger partial charge >= 0.3 is 6.18 Å². The van der Waals surface area contributed by atoms with E-state index in [0.29, 0.717) is 11.4 Å². The van der Waals surface area contributed by atoms with Gasteiger partial charge in [0.2, 0.25) is 21.9 Å². The van der Waals surface area contributed by atoms with Crippen molar-refractivity contribution in [3.05, 3.63) is 35.5 Å². The van der Waals surface area contributed by atoms with Crippen LogP contribution in [0.15, 0.2) is 24.4 Å². The lowest BCUT2D eigenvalue weighted by atomic mass is 10.1. The molecular formula is C19H19F3N6O3S. The number of carbonyl (C=O) groups excluding carboxylic acids is 1. The van der Waals surface area contributed by atoms with Crippen LogP contribution in [-0.4, -0.2) is 54.0 Å². The number of fused-ring (bicyclic) bond motifs is 2. The van der Waals surface area contributed by atoms with Crippen LogP contribution in [0.25, 0.3) is 0 Å². The molecular weight excluding hydrogens is 449 g/mol. The van der Waals surface area contributed by atoms with Gasteiger partial charge in [0.25, 0.3) is 0 Å². The fraction of sp³-hybridized carbons (Fsp3) is 0.421. The number of anilines is 4. The van der Waals surface area contributed by atoms with E-state index < -0.39 is 21.8 Å². The van der Waals surface area contributed by atoms with Crippen molar-refractivity contribution in [2.45, 2.75) is 18.6 Å². The maximum absolute atomic E-state index is 13.5. The summed E-state index contributed by atoms with van der Waals surface area (Å²) in [7, 11) is -3.32. The minimum Gasteiger partial charge on any atom is -0.366 e. The van der Waals surface area contributed by atoms with Gasteiger partial charge in [-0.1, -0.05) is 0 Å². The number of hydrogen-bond acceptors (Lipinski definition) is 7. The number of benzene rings is 1. The quantitative estimate of drug-likeness (QED) is 0.615. The normalized spacial score (nSPS) is 24.6. The zero-order chi connectivity index (χ0) is 22.8. The zero-order valence-corrected chi connectivity index (χ0v) is 17.6. The molecule has 1 saturated heterocycles. The molecule has 2 aromatic rings. The summed E-state index contributed by atoms with van der Waals surface area (Å²) in [5.41, 5.74) is 1.01. The predicted molar refractivity (Wildman–Crippen MR) is 110 cm³/mol. The highest BCUT2D eigenvalue weighted by Crippen LogP contribution is 2.48. The Morgan fingerprint density at radius 1 is 1.22 bits per heavy atom. The molecule has 3 aliphatic rings. The molecule has 3 heterocycles. The molecule has 1 unspecified atom stereocenters. The first-order chi connectivity index (χ1) is 15.0. The third kappa shape index (κ3) is 3.86. The monoisotopic (exact) mass is 468 g/mol. The average Bonchev–Trinajstić information content (AvgIpc) is 3.03. The average molecular weight is 468 g/mol. The molecule has 1 amide bonds. The fourth-order valence-corrected chi connectivity index (χ4v) is 5.21. The van der Waals surface area contributed by atoms with E-state index in [1.807, 2.05) is 0 Å². The van der Waals surface area contributed by atoms with Gasteiger partial charge in [-0.3, -0.25) is 4.79 Å². The van der Waals surface area contributed by atoms with Gasteiger partial charge in [0.1, 0.15) is 11.4 Å². The topological polar surface area (TPSA) is 116 Å². The summed E-state index contributed by atoms with van der Waals surface area (Å²) in [5, 5.41) is 8.44. The van der Waals surface area contributed by atoms with Crippen molar-refractivity contribution in [1.29, 1.82) is 0 Å². The highest BCUT2D eigenvalue weighted by molar-refractivity contribution is 7.88. The maximum Gasteiger partial charge on any atom is 0.421 e. The van der Waals surface area contributed by atoms with E-state index in [0.717, 1.165) is 18.0 Å². The predicted octanol–water partition coefficient (Wildman–Crippen LogP) is 2.04. The standard InChI is InChI=1S/C19H19F3N6O3S/c1-32(30,31)28-7-11-12(8-28)16(11)26-17-13(19(20,21)22)6-23-18(27-17)24-10-2-3-14-9(4-10)5-15(29)25-14/h2-4,6,11-12,16H,5,7-8H2,1H3,(H,25,29)(H2,23,24,26,27)/t11-,12+,16?. The number of sulfonamides is 1. The molecule has 9 nitrogen and oxygen atoms in total. The number of nitrogens with zero attached hydrogens (tertiary/aromatic N) is 3. The summed E-state index contributed by atoms with van der Waals surface area (Å²) in [6.45, 7) is 0.557. The summed E-state index contributed by atoms with van der Waals surface area (Å²) in [4.78, 5) is 19.4. The van der Waals surface area contributed by atoms with Gasteiger partial charge in [-0.25, -0.2) is 17.7 Å². The number of nitrogens with one attached hydrogen (secondary N) is 3. The zero-order valence-electron chi connectivity index (χ0n) is 16.8. The van der Waals surface area contributed by atoms with E-state index >= 15 is 0 Å². The molecule has 2 fully saturated rings. The molecule has 0 bridgehead atoms. The molecule has 5 rings (SSSR count). The summed E-state index contributed by atoms with van der Waals surface area (Å²) < 4.78 is 65.2. The third-order valence-electron chi connectivity index (χ3n) is 6.01. The molecule has 3 N–H and O–H groups in total. The number of rotatable bonds is 5. The van der Waals surface area contributed by atoms with E-state index in [9.17, 15) is 26.4 Å². The van der Waals surface area contributed by atoms with Crippen LogP contribution in [0.5, 0.6) is 0 Å². The number of alkyl halides is 3. The van der Waals surface area contributed by atoms with Crippen molar-refractivity contribution >= 4 is 39.1 Å². The second kappa shape index (κ2) is 7.04. The first kappa shape index (κ1) is 20.9. The highest BCUT2D eigenvalue weighted by atomic mass is 32.2. The SMILES string of the molecule is CS(=O)(=O)N1C[C@@H]2C(Nc3nc(Nc4ccc5c(c4)CC(=O)N5)ncc3C(F)(F)F)[C@@H]2C1. The van der Waals surface area contributed by atoms with E-state index in [1.165, 1.54) is 4.31 Å². The number of hydrogen-bond donors (Lipinski definition) is 3. The molecule has 2 aliphatic heterocycles. The maximum atomic E-state index is 13.5. The molecule has 0 radical (unpaired) electrons. The number of carbonyl (C=O) groups is 1. The minimum atomic E-state index is -4.65. The van der Waals surface area contributed by atoms with Gasteiger partial charge in [0, 0.05) is 36.7 Å². The Labute approximate surface area is 181 Å². The van der Waals surface area contributed by atoms with Crippen LogP contribution in [-0.2, 0) is 27.4 Å². The molecule has 32 heavy (non-hydrogen) atoms. The number of piperidine rings is 1. The number of amides is 1. The van der Waals surface area contributed by atoms with Crippen LogP contribution in [0.2, 0.25) is 0 Å². The Bertz CT molecular complexity index is 1210. The first-order valence-corrected chi connectivity index (χ1v) is 11.7. The largest absolute Gasteiger partial charge is 0.421 e. The van der Waals surface area contributed by atoms with Crippen molar-refractivity contribution in [3.63, 3.8) is 0 Å². The summed E-state index contributed by atoms with van der Waals surface area (Å²) in [5.74, 6) is -0.615. The first-order valence-electron chi connectivity index (χ1n) is 9.85. The lowest BCUT2D eigenvalue weighted by Gasteiger charge is -2.19. The van der Waals surface area contributed by atoms with E-state index in [1.54, 1.807) is 18.2 Å². The van der Waals surface area contributed by atoms with Gasteiger partial charge < -0.3 is 16.0 Å². The van der Waals surface area contributed by atoms with Crippen LogP contribution in [0.1, 0.15) is 11.1 Å². The Morgan fingerprint density at radius 2 is 1.94 bits per heavy atom. The number of halogens is 3. The van der Waals surface area contributed by atoms with E-state index in [4.69, 9.17) is 0 Å². The van der Waals surface area contributed by atoms with Gasteiger partial charge in [-0.05, 0) is 35.6 Å². The molecule has 1 aliphatic carbocycles. The van der Waals surface area contributed by atoms with Crippen LogP contribution in [0.4, 0.5) is 36.3 Å². The van der Waals surface area contributed by atoms with Crippen LogP contribution in [0, 0.1) is 11.8 Å². The van der Waals surface area contributed by atoms with Crippen molar-refractivity contribution < 1.29 is 26.4 Å². The third-order valence-corrected chi connectivity index (χ3v) is 7.25. The van der Waals surface area contributed by atoms with Crippen LogP contribution < -0.4 is 16.0 Å². The molecule has 1 aromatic carbocycles. The summed E-state index contributed by atoms with van der Waals surface area (Å²) >= 11 is 0. The fourth-order valence-electron chi connectivity index (χ4n) is 4.33.